The van der Waals surface area contributed by atoms with Crippen LogP contribution in [0.3, 0.4) is 0 Å². The van der Waals surface area contributed by atoms with Crippen LogP contribution >= 0.6 is 11.3 Å². The number of fused-ring (bicyclic) bond motifs is 1. The molecule has 3 aromatic carbocycles. The molecule has 6 rings (SSSR count). The van der Waals surface area contributed by atoms with Gasteiger partial charge in [-0.25, -0.2) is 0 Å². The second-order valence-corrected chi connectivity index (χ2v) is 13.0. The van der Waals surface area contributed by atoms with Crippen molar-refractivity contribution in [1.29, 1.82) is 0 Å². The first-order chi connectivity index (χ1) is 20.6. The van der Waals surface area contributed by atoms with Crippen molar-refractivity contribution in [1.82, 2.24) is 9.80 Å². The standard InChI is InChI=1S/C36H44N2O3S/c1-37(2)33-8-4-5-9-34(33)41-29-14-10-26(11-15-29)24-32-31-19-18-30(39-3)25-35(31)42-36(32)27-12-16-28(17-13-27)40-23-22-38-20-6-7-21-38/h10-19,25,33-34H,4-9,20-24H2,1-3H3/t33-,34+/m1/s1. The summed E-state index contributed by atoms with van der Waals surface area (Å²) in [6, 6.07) is 24.3. The highest BCUT2D eigenvalue weighted by Crippen LogP contribution is 2.42. The molecule has 1 aliphatic carbocycles. The summed E-state index contributed by atoms with van der Waals surface area (Å²) in [5.41, 5.74) is 3.87. The number of likely N-dealkylation sites (N-methyl/N-ethyl adjacent to an activating group) is 1. The molecule has 0 spiro atoms. The fourth-order valence-electron chi connectivity index (χ4n) is 6.54. The zero-order valence-corrected chi connectivity index (χ0v) is 26.1. The van der Waals surface area contributed by atoms with E-state index in [1.54, 1.807) is 7.11 Å². The topological polar surface area (TPSA) is 34.2 Å². The summed E-state index contributed by atoms with van der Waals surface area (Å²) >= 11 is 1.84. The summed E-state index contributed by atoms with van der Waals surface area (Å²) in [7, 11) is 6.07. The first-order valence-electron chi connectivity index (χ1n) is 15.5. The third-order valence-corrected chi connectivity index (χ3v) is 10.2. The van der Waals surface area contributed by atoms with E-state index in [9.17, 15) is 0 Å². The van der Waals surface area contributed by atoms with Gasteiger partial charge in [0, 0.05) is 22.2 Å². The maximum absolute atomic E-state index is 6.51. The number of hydrogen-bond donors (Lipinski definition) is 0. The average molecular weight is 585 g/mol. The molecule has 0 bridgehead atoms. The molecular weight excluding hydrogens is 540 g/mol. The van der Waals surface area contributed by atoms with Gasteiger partial charge in [-0.1, -0.05) is 18.6 Å². The lowest BCUT2D eigenvalue weighted by Gasteiger charge is -2.36. The third kappa shape index (κ3) is 6.77. The smallest absolute Gasteiger partial charge is 0.120 e. The van der Waals surface area contributed by atoms with Crippen LogP contribution in [0.4, 0.5) is 0 Å². The number of likely N-dealkylation sites (tertiary alicyclic amines) is 1. The molecule has 2 atom stereocenters. The van der Waals surface area contributed by atoms with Crippen molar-refractivity contribution in [3.8, 4) is 27.7 Å². The van der Waals surface area contributed by atoms with E-state index < -0.39 is 0 Å². The van der Waals surface area contributed by atoms with Gasteiger partial charge in [0.25, 0.3) is 0 Å². The predicted octanol–water partition coefficient (Wildman–Crippen LogP) is 7.89. The predicted molar refractivity (Wildman–Crippen MR) is 175 cm³/mol. The van der Waals surface area contributed by atoms with Gasteiger partial charge in [-0.3, -0.25) is 4.90 Å². The Labute approximate surface area is 255 Å². The van der Waals surface area contributed by atoms with Crippen molar-refractivity contribution >= 4 is 21.4 Å². The summed E-state index contributed by atoms with van der Waals surface area (Å²) in [6.45, 7) is 4.15. The van der Waals surface area contributed by atoms with Crippen molar-refractivity contribution < 1.29 is 14.2 Å². The Morgan fingerprint density at radius 1 is 0.833 bits per heavy atom. The molecule has 42 heavy (non-hydrogen) atoms. The zero-order valence-electron chi connectivity index (χ0n) is 25.3. The van der Waals surface area contributed by atoms with Gasteiger partial charge in [0.15, 0.2) is 0 Å². The van der Waals surface area contributed by atoms with Gasteiger partial charge in [-0.15, -0.1) is 11.3 Å². The van der Waals surface area contributed by atoms with Crippen LogP contribution in [0.5, 0.6) is 17.2 Å². The zero-order chi connectivity index (χ0) is 28.9. The normalized spacial score (nSPS) is 19.4. The molecule has 2 heterocycles. The molecular formula is C36H44N2O3S. The van der Waals surface area contributed by atoms with E-state index in [0.29, 0.717) is 6.04 Å². The second kappa shape index (κ2) is 13.5. The summed E-state index contributed by atoms with van der Waals surface area (Å²) in [5.74, 6) is 2.80. The van der Waals surface area contributed by atoms with Gasteiger partial charge in [0.05, 0.1) is 7.11 Å². The number of nitrogens with zero attached hydrogens (tertiary/aromatic N) is 2. The number of benzene rings is 3. The van der Waals surface area contributed by atoms with Crippen LogP contribution in [-0.4, -0.2) is 69.4 Å². The Morgan fingerprint density at radius 3 is 2.29 bits per heavy atom. The number of rotatable bonds is 11. The highest BCUT2D eigenvalue weighted by Gasteiger charge is 2.28. The molecule has 0 radical (unpaired) electrons. The summed E-state index contributed by atoms with van der Waals surface area (Å²) in [4.78, 5) is 6.11. The summed E-state index contributed by atoms with van der Waals surface area (Å²) in [5, 5.41) is 1.29. The van der Waals surface area contributed by atoms with Gasteiger partial charge < -0.3 is 19.1 Å². The molecule has 2 fully saturated rings. The lowest BCUT2D eigenvalue weighted by molar-refractivity contribution is 0.0622. The van der Waals surface area contributed by atoms with Gasteiger partial charge in [-0.2, -0.15) is 0 Å². The van der Waals surface area contributed by atoms with Crippen LogP contribution in [0.2, 0.25) is 0 Å². The van der Waals surface area contributed by atoms with E-state index in [4.69, 9.17) is 14.2 Å². The Bertz CT molecular complexity index is 1440. The van der Waals surface area contributed by atoms with Crippen LogP contribution < -0.4 is 14.2 Å². The molecule has 0 unspecified atom stereocenters. The van der Waals surface area contributed by atoms with E-state index >= 15 is 0 Å². The van der Waals surface area contributed by atoms with E-state index in [-0.39, 0.29) is 6.10 Å². The largest absolute Gasteiger partial charge is 0.497 e. The van der Waals surface area contributed by atoms with Crippen LogP contribution in [0.25, 0.3) is 20.5 Å². The Morgan fingerprint density at radius 2 is 1.55 bits per heavy atom. The molecule has 2 aliphatic rings. The van der Waals surface area contributed by atoms with Gasteiger partial charge in [0.1, 0.15) is 30.0 Å². The highest BCUT2D eigenvalue weighted by atomic mass is 32.1. The lowest BCUT2D eigenvalue weighted by atomic mass is 9.91. The number of ether oxygens (including phenoxy) is 3. The Hall–Kier alpha value is -3.06. The quantitative estimate of drug-likeness (QED) is 0.179. The van der Waals surface area contributed by atoms with Crippen molar-refractivity contribution in [3.05, 3.63) is 77.9 Å². The molecule has 1 aliphatic heterocycles. The minimum absolute atomic E-state index is 0.258. The fraction of sp³-hybridized carbons (Fsp3) is 0.444. The number of thiophene rings is 1. The van der Waals surface area contributed by atoms with Gasteiger partial charge >= 0.3 is 0 Å². The Kier molecular flexibility index (Phi) is 9.33. The van der Waals surface area contributed by atoms with Crippen LogP contribution in [0, 0.1) is 0 Å². The first kappa shape index (κ1) is 29.0. The van der Waals surface area contributed by atoms with Gasteiger partial charge in [0.2, 0.25) is 0 Å². The monoisotopic (exact) mass is 584 g/mol. The van der Waals surface area contributed by atoms with Crippen LogP contribution in [0.1, 0.15) is 49.7 Å². The minimum atomic E-state index is 0.258. The molecule has 1 aromatic heterocycles. The van der Waals surface area contributed by atoms with Crippen LogP contribution in [-0.2, 0) is 6.42 Å². The minimum Gasteiger partial charge on any atom is -0.497 e. The van der Waals surface area contributed by atoms with Crippen molar-refractivity contribution in [2.75, 3.05) is 47.4 Å². The third-order valence-electron chi connectivity index (χ3n) is 8.91. The number of hydrogen-bond acceptors (Lipinski definition) is 6. The van der Waals surface area contributed by atoms with Crippen molar-refractivity contribution in [2.45, 2.75) is 57.1 Å². The molecule has 5 nitrogen and oxygen atoms in total. The molecule has 4 aromatic rings. The van der Waals surface area contributed by atoms with Crippen molar-refractivity contribution in [2.24, 2.45) is 0 Å². The molecule has 222 valence electrons. The summed E-state index contributed by atoms with van der Waals surface area (Å²) in [6.07, 6.45) is 8.62. The van der Waals surface area contributed by atoms with E-state index in [0.717, 1.165) is 43.2 Å². The van der Waals surface area contributed by atoms with Gasteiger partial charge in [-0.05, 0) is 142 Å². The van der Waals surface area contributed by atoms with E-state index in [2.05, 4.69) is 90.6 Å². The van der Waals surface area contributed by atoms with E-state index in [1.807, 2.05) is 11.3 Å². The molecule has 0 amide bonds. The molecule has 1 saturated heterocycles. The average Bonchev–Trinajstić information content (AvgIpc) is 3.66. The SMILES string of the molecule is COc1ccc2c(Cc3ccc(O[C@H]4CCCC[C@H]4N(C)C)cc3)c(-c3ccc(OCCN4CCCC4)cc3)sc2c1. The number of methoxy groups -OCH3 is 1. The van der Waals surface area contributed by atoms with Crippen LogP contribution in [0.15, 0.2) is 66.7 Å². The second-order valence-electron chi connectivity index (χ2n) is 12.0. The lowest BCUT2D eigenvalue weighted by Crippen LogP contribution is -2.44. The van der Waals surface area contributed by atoms with E-state index in [1.165, 1.54) is 76.8 Å². The summed E-state index contributed by atoms with van der Waals surface area (Å²) < 4.78 is 19.4. The Balaban J connectivity index is 1.20. The van der Waals surface area contributed by atoms with Crippen molar-refractivity contribution in [3.63, 3.8) is 0 Å². The fourth-order valence-corrected chi connectivity index (χ4v) is 7.79. The maximum atomic E-state index is 6.51. The molecule has 6 heteroatoms. The first-order valence-corrected chi connectivity index (χ1v) is 16.4. The highest BCUT2D eigenvalue weighted by molar-refractivity contribution is 7.22. The molecule has 0 N–H and O–H groups in total. The maximum Gasteiger partial charge on any atom is 0.120 e. The molecule has 1 saturated carbocycles.